The first-order valence-electron chi connectivity index (χ1n) is 5.68. The first kappa shape index (κ1) is 14.0. The molecule has 1 atom stereocenters. The van der Waals surface area contributed by atoms with Crippen molar-refractivity contribution in [3.63, 3.8) is 0 Å². The fourth-order valence-electron chi connectivity index (χ4n) is 2.23. The topological polar surface area (TPSA) is 9.23 Å². The fourth-order valence-corrected chi connectivity index (χ4v) is 2.23. The van der Waals surface area contributed by atoms with Crippen molar-refractivity contribution >= 4 is 0 Å². The van der Waals surface area contributed by atoms with Crippen LogP contribution in [0.25, 0.3) is 0 Å². The van der Waals surface area contributed by atoms with Gasteiger partial charge in [-0.3, -0.25) is 0 Å². The van der Waals surface area contributed by atoms with Gasteiger partial charge in [0.25, 0.3) is 0 Å². The Labute approximate surface area is 90.2 Å². The van der Waals surface area contributed by atoms with E-state index < -0.39 is 0 Å². The summed E-state index contributed by atoms with van der Waals surface area (Å²) in [6, 6.07) is 0. The maximum atomic E-state index is 5.14. The van der Waals surface area contributed by atoms with Gasteiger partial charge in [-0.15, -0.1) is 0 Å². The lowest BCUT2D eigenvalue weighted by Crippen LogP contribution is -2.28. The molecule has 0 aromatic rings. The number of ether oxygens (including phenoxy) is 1. The lowest BCUT2D eigenvalue weighted by atomic mass is 9.69. The normalized spacial score (nSPS) is 15.6. The Bertz CT molecular complexity index is 153. The first-order valence-corrected chi connectivity index (χ1v) is 5.68. The smallest absolute Gasteiger partial charge is 0.0465 e. The van der Waals surface area contributed by atoms with Gasteiger partial charge in [0, 0.05) is 13.7 Å². The van der Waals surface area contributed by atoms with Crippen LogP contribution in [0.1, 0.15) is 54.4 Å². The Hall–Kier alpha value is -0.0400. The summed E-state index contributed by atoms with van der Waals surface area (Å²) < 4.78 is 5.14. The van der Waals surface area contributed by atoms with Gasteiger partial charge >= 0.3 is 0 Å². The van der Waals surface area contributed by atoms with Crippen molar-refractivity contribution in [2.24, 2.45) is 16.7 Å². The average molecular weight is 200 g/mol. The standard InChI is InChI=1S/C13H28O/c1-11(8-9-14-7)13(5,6)10-12(2,3)4/h11H,8-10H2,1-7H3. The molecule has 0 aliphatic heterocycles. The highest BCUT2D eigenvalue weighted by atomic mass is 16.5. The zero-order valence-corrected chi connectivity index (χ0v) is 11.1. The van der Waals surface area contributed by atoms with Crippen molar-refractivity contribution in [2.75, 3.05) is 13.7 Å². The third kappa shape index (κ3) is 5.64. The van der Waals surface area contributed by atoms with E-state index in [1.165, 1.54) is 12.8 Å². The molecule has 0 saturated heterocycles. The average Bonchev–Trinajstić information content (AvgIpc) is 1.95. The van der Waals surface area contributed by atoms with Crippen LogP contribution in [0.3, 0.4) is 0 Å². The van der Waals surface area contributed by atoms with Crippen LogP contribution in [0.5, 0.6) is 0 Å². The molecule has 0 spiro atoms. The van der Waals surface area contributed by atoms with Gasteiger partial charge in [0.1, 0.15) is 0 Å². The summed E-state index contributed by atoms with van der Waals surface area (Å²) in [5, 5.41) is 0. The van der Waals surface area contributed by atoms with E-state index in [0.717, 1.165) is 12.5 Å². The lowest BCUT2D eigenvalue weighted by molar-refractivity contribution is 0.101. The molecule has 0 N–H and O–H groups in total. The Kier molecular flexibility index (Phi) is 5.14. The molecule has 0 saturated carbocycles. The van der Waals surface area contributed by atoms with Gasteiger partial charge in [-0.25, -0.2) is 0 Å². The summed E-state index contributed by atoms with van der Waals surface area (Å²) in [5.41, 5.74) is 0.835. The third-order valence-corrected chi connectivity index (χ3v) is 3.07. The van der Waals surface area contributed by atoms with Crippen LogP contribution in [-0.4, -0.2) is 13.7 Å². The van der Waals surface area contributed by atoms with Gasteiger partial charge in [0.05, 0.1) is 0 Å². The van der Waals surface area contributed by atoms with E-state index in [2.05, 4.69) is 41.5 Å². The van der Waals surface area contributed by atoms with Gasteiger partial charge < -0.3 is 4.74 Å². The molecule has 0 heterocycles. The predicted molar refractivity (Wildman–Crippen MR) is 63.5 cm³/mol. The molecule has 0 fully saturated rings. The van der Waals surface area contributed by atoms with Crippen molar-refractivity contribution in [1.29, 1.82) is 0 Å². The maximum Gasteiger partial charge on any atom is 0.0465 e. The van der Waals surface area contributed by atoms with E-state index in [4.69, 9.17) is 4.74 Å². The first-order chi connectivity index (χ1) is 6.19. The summed E-state index contributed by atoms with van der Waals surface area (Å²) in [5.74, 6) is 0.724. The Morgan fingerprint density at radius 3 is 1.93 bits per heavy atom. The summed E-state index contributed by atoms with van der Waals surface area (Å²) >= 11 is 0. The Balaban J connectivity index is 4.15. The second-order valence-electron chi connectivity index (χ2n) is 6.41. The second-order valence-corrected chi connectivity index (χ2v) is 6.41. The third-order valence-electron chi connectivity index (χ3n) is 3.07. The van der Waals surface area contributed by atoms with Gasteiger partial charge in [0.2, 0.25) is 0 Å². The molecule has 0 aromatic carbocycles. The summed E-state index contributed by atoms with van der Waals surface area (Å²) in [7, 11) is 1.78. The summed E-state index contributed by atoms with van der Waals surface area (Å²) in [6.45, 7) is 14.9. The minimum atomic E-state index is 0.413. The number of hydrogen-bond donors (Lipinski definition) is 0. The maximum absolute atomic E-state index is 5.14. The van der Waals surface area contributed by atoms with Crippen LogP contribution in [-0.2, 0) is 4.74 Å². The number of rotatable bonds is 5. The molecule has 0 aliphatic carbocycles. The lowest BCUT2D eigenvalue weighted by Gasteiger charge is -2.37. The van der Waals surface area contributed by atoms with E-state index in [0.29, 0.717) is 10.8 Å². The molecule has 0 aliphatic rings. The van der Waals surface area contributed by atoms with Crippen molar-refractivity contribution in [3.8, 4) is 0 Å². The predicted octanol–water partition coefficient (Wildman–Crippen LogP) is 4.12. The molecule has 14 heavy (non-hydrogen) atoms. The number of hydrogen-bond acceptors (Lipinski definition) is 1. The van der Waals surface area contributed by atoms with E-state index >= 15 is 0 Å². The quantitative estimate of drug-likeness (QED) is 0.648. The van der Waals surface area contributed by atoms with Crippen LogP contribution in [0, 0.1) is 16.7 Å². The van der Waals surface area contributed by atoms with Crippen molar-refractivity contribution in [1.82, 2.24) is 0 Å². The Morgan fingerprint density at radius 1 is 1.07 bits per heavy atom. The van der Waals surface area contributed by atoms with E-state index in [1.807, 2.05) is 0 Å². The molecule has 0 radical (unpaired) electrons. The van der Waals surface area contributed by atoms with Crippen LogP contribution in [0.2, 0.25) is 0 Å². The highest BCUT2D eigenvalue weighted by Gasteiger charge is 2.30. The van der Waals surface area contributed by atoms with Crippen molar-refractivity contribution in [2.45, 2.75) is 54.4 Å². The van der Waals surface area contributed by atoms with Gasteiger partial charge in [-0.05, 0) is 29.6 Å². The largest absolute Gasteiger partial charge is 0.385 e. The molecule has 0 aromatic heterocycles. The monoisotopic (exact) mass is 200 g/mol. The van der Waals surface area contributed by atoms with Gasteiger partial charge in [-0.2, -0.15) is 0 Å². The minimum Gasteiger partial charge on any atom is -0.385 e. The van der Waals surface area contributed by atoms with Gasteiger partial charge in [0.15, 0.2) is 0 Å². The molecule has 1 nitrogen and oxygen atoms in total. The van der Waals surface area contributed by atoms with E-state index in [1.54, 1.807) is 7.11 Å². The summed E-state index contributed by atoms with van der Waals surface area (Å²) in [6.07, 6.45) is 2.43. The fraction of sp³-hybridized carbons (Fsp3) is 1.00. The van der Waals surface area contributed by atoms with E-state index in [-0.39, 0.29) is 0 Å². The molecule has 0 bridgehead atoms. The molecular weight excluding hydrogens is 172 g/mol. The minimum absolute atomic E-state index is 0.413. The van der Waals surface area contributed by atoms with E-state index in [9.17, 15) is 0 Å². The molecule has 0 rings (SSSR count). The number of methoxy groups -OCH3 is 1. The molecule has 1 unspecified atom stereocenters. The van der Waals surface area contributed by atoms with Crippen LogP contribution in [0.4, 0.5) is 0 Å². The van der Waals surface area contributed by atoms with Crippen molar-refractivity contribution < 1.29 is 4.74 Å². The van der Waals surface area contributed by atoms with Gasteiger partial charge in [-0.1, -0.05) is 41.5 Å². The zero-order chi connectivity index (χ0) is 11.4. The van der Waals surface area contributed by atoms with Crippen LogP contribution < -0.4 is 0 Å². The highest BCUT2D eigenvalue weighted by molar-refractivity contribution is 4.80. The Morgan fingerprint density at radius 2 is 1.57 bits per heavy atom. The zero-order valence-electron chi connectivity index (χ0n) is 11.1. The highest BCUT2D eigenvalue weighted by Crippen LogP contribution is 2.40. The SMILES string of the molecule is COCCC(C)C(C)(C)CC(C)(C)C. The molecular formula is C13H28O. The summed E-state index contributed by atoms with van der Waals surface area (Å²) in [4.78, 5) is 0. The van der Waals surface area contributed by atoms with Crippen LogP contribution in [0.15, 0.2) is 0 Å². The van der Waals surface area contributed by atoms with Crippen molar-refractivity contribution in [3.05, 3.63) is 0 Å². The molecule has 86 valence electrons. The molecule has 1 heteroatoms. The molecule has 0 amide bonds. The second kappa shape index (κ2) is 5.16. The van der Waals surface area contributed by atoms with Crippen LogP contribution >= 0.6 is 0 Å².